The van der Waals surface area contributed by atoms with Gasteiger partial charge in [0, 0.05) is 55.4 Å². The summed E-state index contributed by atoms with van der Waals surface area (Å²) in [4.78, 5) is 44.3. The highest BCUT2D eigenvalue weighted by atomic mass is 35.5. The number of aliphatic carboxylic acids is 1. The molecule has 2 fully saturated rings. The third-order valence-electron chi connectivity index (χ3n) is 9.90. The maximum atomic E-state index is 13.2. The average Bonchev–Trinajstić information content (AvgIpc) is 3.74. The van der Waals surface area contributed by atoms with Gasteiger partial charge in [-0.15, -0.1) is 0 Å². The first-order chi connectivity index (χ1) is 23.2. The molecule has 4 aliphatic heterocycles. The predicted octanol–water partition coefficient (Wildman–Crippen LogP) is 5.56. The van der Waals surface area contributed by atoms with Gasteiger partial charge in [0.25, 0.3) is 6.01 Å². The first-order valence-corrected chi connectivity index (χ1v) is 17.0. The molecule has 2 saturated heterocycles. The lowest BCUT2D eigenvalue weighted by Gasteiger charge is -2.38. The lowest BCUT2D eigenvalue weighted by atomic mass is 9.93. The fraction of sp³-hybridized carbons (Fsp3) is 0.457. The smallest absolute Gasteiger partial charge is 0.326 e. The van der Waals surface area contributed by atoms with E-state index in [0.29, 0.717) is 90.4 Å². The molecule has 0 unspecified atom stereocenters. The number of piperidine rings is 1. The van der Waals surface area contributed by atoms with E-state index in [4.69, 9.17) is 40.4 Å². The lowest BCUT2D eigenvalue weighted by Crippen LogP contribution is -2.43. The van der Waals surface area contributed by atoms with Crippen LogP contribution in [0.2, 0.25) is 5.02 Å². The Labute approximate surface area is 281 Å². The standard InChI is InChI=1S/C35H37ClN6O6/c1-19-5-7-23-28(14-19)48-32-31(23)38-29-10-13-46-12-3-4-30(43)40-11-9-25(20(2)17-40)42-26-8-6-21(36)15-24(26)37-35(42)47-22-16-27(34(44)45)41(18-22)33(32)39-29/h5-8,14-15,20,22,25,27H,3-4,9-13,16-18H2,1-2H3,(H,44,45)/t20-,22-,25-,27-/m0/s1. The number of hydrogen-bond donors (Lipinski definition) is 1. The SMILES string of the molecule is Cc1ccc2c(c1)oc1c3nc(nc12)CCOCCCC(=O)N1CC[C@@H]([C@@H](C)C1)n1c(nc2cc(Cl)ccc21)O[C@H]1C[C@@H](C(=O)O)N3C1. The molecule has 250 valence electrons. The number of aryl methyl sites for hydroxylation is 1. The number of aromatic nitrogens is 4. The second kappa shape index (κ2) is 12.2. The number of halogens is 1. The molecular weight excluding hydrogens is 636 g/mol. The van der Waals surface area contributed by atoms with Crippen LogP contribution in [-0.4, -0.2) is 86.4 Å². The monoisotopic (exact) mass is 672 g/mol. The van der Waals surface area contributed by atoms with E-state index in [1.54, 1.807) is 4.90 Å². The molecule has 4 atom stereocenters. The number of carboxylic acids is 1. The number of fused-ring (bicyclic) bond motifs is 12. The Hall–Kier alpha value is -4.42. The Morgan fingerprint density at radius 1 is 1.06 bits per heavy atom. The molecule has 6 bridgehead atoms. The minimum absolute atomic E-state index is 0.0139. The lowest BCUT2D eigenvalue weighted by molar-refractivity contribution is -0.138. The summed E-state index contributed by atoms with van der Waals surface area (Å²) in [6.07, 6.45) is 1.88. The van der Waals surface area contributed by atoms with Crippen molar-refractivity contribution in [3.05, 3.63) is 52.8 Å². The van der Waals surface area contributed by atoms with E-state index in [1.165, 1.54) is 0 Å². The molecule has 9 rings (SSSR count). The van der Waals surface area contributed by atoms with Crippen LogP contribution in [0.3, 0.4) is 0 Å². The topological polar surface area (TPSA) is 136 Å². The van der Waals surface area contributed by atoms with Crippen molar-refractivity contribution >= 4 is 62.4 Å². The quantitative estimate of drug-likeness (QED) is 0.241. The van der Waals surface area contributed by atoms with Crippen molar-refractivity contribution in [3.63, 3.8) is 0 Å². The molecule has 1 N–H and O–H groups in total. The van der Waals surface area contributed by atoms with Crippen LogP contribution in [0.15, 0.2) is 40.8 Å². The molecule has 2 aromatic carbocycles. The van der Waals surface area contributed by atoms with Gasteiger partial charge >= 0.3 is 5.97 Å². The number of hydrogen-bond acceptors (Lipinski definition) is 9. The zero-order chi connectivity index (χ0) is 33.1. The zero-order valence-electron chi connectivity index (χ0n) is 26.9. The molecule has 4 aliphatic rings. The summed E-state index contributed by atoms with van der Waals surface area (Å²) in [7, 11) is 0. The van der Waals surface area contributed by atoms with E-state index < -0.39 is 18.1 Å². The van der Waals surface area contributed by atoms with Gasteiger partial charge in [0.2, 0.25) is 5.91 Å². The van der Waals surface area contributed by atoms with Gasteiger partial charge in [-0.3, -0.25) is 9.36 Å². The summed E-state index contributed by atoms with van der Waals surface area (Å²) in [6.45, 7) is 6.44. The van der Waals surface area contributed by atoms with E-state index in [-0.39, 0.29) is 30.8 Å². The van der Waals surface area contributed by atoms with Crippen LogP contribution < -0.4 is 9.64 Å². The maximum absolute atomic E-state index is 13.2. The summed E-state index contributed by atoms with van der Waals surface area (Å²) in [6, 6.07) is 11.0. The summed E-state index contributed by atoms with van der Waals surface area (Å²) >= 11 is 6.38. The van der Waals surface area contributed by atoms with Gasteiger partial charge in [-0.25, -0.2) is 14.8 Å². The van der Waals surface area contributed by atoms with Gasteiger partial charge in [0.05, 0.1) is 24.2 Å². The molecule has 48 heavy (non-hydrogen) atoms. The number of furan rings is 1. The van der Waals surface area contributed by atoms with Gasteiger partial charge in [-0.2, -0.15) is 4.98 Å². The van der Waals surface area contributed by atoms with Crippen LogP contribution in [0.25, 0.3) is 33.1 Å². The number of nitrogens with zero attached hydrogens (tertiary/aromatic N) is 6. The summed E-state index contributed by atoms with van der Waals surface area (Å²) < 4.78 is 21.1. The molecule has 0 aliphatic carbocycles. The molecule has 0 saturated carbocycles. The summed E-state index contributed by atoms with van der Waals surface area (Å²) in [5, 5.41) is 11.9. The molecule has 0 spiro atoms. The minimum atomic E-state index is -0.978. The number of carbonyl (C=O) groups excluding carboxylic acids is 1. The Kier molecular flexibility index (Phi) is 7.87. The average molecular weight is 673 g/mol. The summed E-state index contributed by atoms with van der Waals surface area (Å²) in [5.74, 6) is 0.216. The number of imidazole rings is 1. The molecule has 7 heterocycles. The predicted molar refractivity (Wildman–Crippen MR) is 180 cm³/mol. The number of ether oxygens (including phenoxy) is 2. The van der Waals surface area contributed by atoms with Crippen LogP contribution in [0.1, 0.15) is 50.0 Å². The fourth-order valence-electron chi connectivity index (χ4n) is 7.53. The van der Waals surface area contributed by atoms with Gasteiger partial charge in [-0.1, -0.05) is 24.6 Å². The molecular formula is C35H37ClN6O6. The number of carbonyl (C=O) groups is 2. The number of amides is 1. The summed E-state index contributed by atoms with van der Waals surface area (Å²) in [5.41, 5.74) is 4.35. The highest BCUT2D eigenvalue weighted by molar-refractivity contribution is 6.31. The molecule has 12 nitrogen and oxygen atoms in total. The molecule has 13 heteroatoms. The highest BCUT2D eigenvalue weighted by Gasteiger charge is 2.42. The number of carboxylic acid groups (broad SMARTS) is 1. The van der Waals surface area contributed by atoms with Crippen molar-refractivity contribution in [2.24, 2.45) is 5.92 Å². The van der Waals surface area contributed by atoms with Gasteiger partial charge in [0.1, 0.15) is 29.1 Å². The third-order valence-corrected chi connectivity index (χ3v) is 10.1. The first-order valence-electron chi connectivity index (χ1n) is 16.6. The third kappa shape index (κ3) is 5.50. The van der Waals surface area contributed by atoms with Crippen LogP contribution in [0, 0.1) is 12.8 Å². The minimum Gasteiger partial charge on any atom is -0.480 e. The second-order valence-corrected chi connectivity index (χ2v) is 13.7. The Morgan fingerprint density at radius 3 is 2.77 bits per heavy atom. The van der Waals surface area contributed by atoms with Gasteiger partial charge in [-0.05, 0) is 61.6 Å². The van der Waals surface area contributed by atoms with Gasteiger partial charge in [0.15, 0.2) is 11.4 Å². The molecule has 5 aromatic rings. The fourth-order valence-corrected chi connectivity index (χ4v) is 7.70. The van der Waals surface area contributed by atoms with E-state index in [9.17, 15) is 14.7 Å². The van der Waals surface area contributed by atoms with E-state index in [0.717, 1.165) is 22.9 Å². The van der Waals surface area contributed by atoms with E-state index in [1.807, 2.05) is 48.2 Å². The van der Waals surface area contributed by atoms with Crippen LogP contribution in [-0.2, 0) is 20.7 Å². The van der Waals surface area contributed by atoms with Crippen LogP contribution in [0.5, 0.6) is 6.01 Å². The van der Waals surface area contributed by atoms with Crippen molar-refractivity contribution in [1.82, 2.24) is 24.4 Å². The Bertz CT molecular complexity index is 2060. The van der Waals surface area contributed by atoms with Crippen molar-refractivity contribution in [3.8, 4) is 6.01 Å². The molecule has 3 aromatic heterocycles. The zero-order valence-corrected chi connectivity index (χ0v) is 27.7. The largest absolute Gasteiger partial charge is 0.480 e. The Balaban J connectivity index is 1.23. The number of benzene rings is 2. The van der Waals surface area contributed by atoms with Crippen molar-refractivity contribution in [2.45, 2.75) is 64.1 Å². The van der Waals surface area contributed by atoms with Crippen molar-refractivity contribution in [2.75, 3.05) is 37.7 Å². The van der Waals surface area contributed by atoms with E-state index >= 15 is 0 Å². The number of rotatable bonds is 1. The van der Waals surface area contributed by atoms with Crippen molar-refractivity contribution < 1.29 is 28.6 Å². The first kappa shape index (κ1) is 30.9. The highest BCUT2D eigenvalue weighted by Crippen LogP contribution is 2.40. The van der Waals surface area contributed by atoms with Crippen molar-refractivity contribution in [1.29, 1.82) is 0 Å². The van der Waals surface area contributed by atoms with Gasteiger partial charge < -0.3 is 28.8 Å². The Morgan fingerprint density at radius 2 is 1.94 bits per heavy atom. The second-order valence-electron chi connectivity index (χ2n) is 13.3. The van der Waals surface area contributed by atoms with E-state index in [2.05, 4.69) is 11.5 Å². The van der Waals surface area contributed by atoms with Crippen LogP contribution >= 0.6 is 11.6 Å². The molecule has 1 amide bonds. The normalized spacial score (nSPS) is 23.9. The number of anilines is 1. The molecule has 0 radical (unpaired) electrons. The van der Waals surface area contributed by atoms with Crippen LogP contribution in [0.4, 0.5) is 5.82 Å². The maximum Gasteiger partial charge on any atom is 0.326 e.